The minimum atomic E-state index is -0.626. The highest BCUT2D eigenvalue weighted by molar-refractivity contribution is 6.31. The van der Waals surface area contributed by atoms with E-state index in [2.05, 4.69) is 15.3 Å². The Morgan fingerprint density at radius 2 is 2.24 bits per heavy atom. The molecule has 0 unspecified atom stereocenters. The molecule has 17 heavy (non-hydrogen) atoms. The van der Waals surface area contributed by atoms with Gasteiger partial charge in [-0.15, -0.1) is 0 Å². The Bertz CT molecular complexity index is 450. The number of nitrogens with zero attached hydrogens (tertiary/aromatic N) is 3. The highest BCUT2D eigenvalue weighted by Crippen LogP contribution is 2.41. The summed E-state index contributed by atoms with van der Waals surface area (Å²) in [7, 11) is 0. The Balaban J connectivity index is 2.38. The van der Waals surface area contributed by atoms with Crippen LogP contribution in [0.4, 0.5) is 11.5 Å². The van der Waals surface area contributed by atoms with Crippen LogP contribution in [-0.4, -0.2) is 33.1 Å². The van der Waals surface area contributed by atoms with Crippen LogP contribution in [0.3, 0.4) is 0 Å². The SMILES string of the molecule is O=[N+]([O-])c1c(Cl)nc(C2CC2)nc1NCCO. The second-order valence-electron chi connectivity index (χ2n) is 3.75. The van der Waals surface area contributed by atoms with Crippen molar-refractivity contribution < 1.29 is 10.0 Å². The third-order valence-electron chi connectivity index (χ3n) is 2.39. The van der Waals surface area contributed by atoms with Crippen LogP contribution in [-0.2, 0) is 0 Å². The lowest BCUT2D eigenvalue weighted by Crippen LogP contribution is -2.11. The molecular formula is C9H11ClN4O3. The van der Waals surface area contributed by atoms with Crippen molar-refractivity contribution in [3.05, 3.63) is 21.1 Å². The van der Waals surface area contributed by atoms with Crippen LogP contribution in [0.1, 0.15) is 24.6 Å². The van der Waals surface area contributed by atoms with Crippen LogP contribution in [0, 0.1) is 10.1 Å². The van der Waals surface area contributed by atoms with Gasteiger partial charge >= 0.3 is 5.69 Å². The van der Waals surface area contributed by atoms with Gasteiger partial charge in [-0.3, -0.25) is 10.1 Å². The molecule has 0 aliphatic heterocycles. The van der Waals surface area contributed by atoms with Gasteiger partial charge in [-0.25, -0.2) is 9.97 Å². The predicted molar refractivity (Wildman–Crippen MR) is 61.2 cm³/mol. The molecule has 1 fully saturated rings. The molecule has 1 aromatic rings. The molecule has 1 aliphatic rings. The Morgan fingerprint density at radius 1 is 1.53 bits per heavy atom. The largest absolute Gasteiger partial charge is 0.395 e. The Labute approximate surface area is 102 Å². The van der Waals surface area contributed by atoms with E-state index >= 15 is 0 Å². The van der Waals surface area contributed by atoms with Crippen LogP contribution in [0.25, 0.3) is 0 Å². The number of aromatic nitrogens is 2. The van der Waals surface area contributed by atoms with Crippen molar-refractivity contribution in [3.8, 4) is 0 Å². The third-order valence-corrected chi connectivity index (χ3v) is 2.65. The molecule has 2 rings (SSSR count). The van der Waals surface area contributed by atoms with Crippen molar-refractivity contribution in [3.63, 3.8) is 0 Å². The van der Waals surface area contributed by atoms with Gasteiger partial charge in [0.15, 0.2) is 0 Å². The summed E-state index contributed by atoms with van der Waals surface area (Å²) in [5.41, 5.74) is -0.343. The van der Waals surface area contributed by atoms with E-state index < -0.39 is 4.92 Å². The first-order valence-corrected chi connectivity index (χ1v) is 5.58. The fourth-order valence-electron chi connectivity index (χ4n) is 1.43. The summed E-state index contributed by atoms with van der Waals surface area (Å²) in [4.78, 5) is 18.2. The van der Waals surface area contributed by atoms with Gasteiger partial charge in [0.25, 0.3) is 0 Å². The maximum Gasteiger partial charge on any atom is 0.348 e. The van der Waals surface area contributed by atoms with E-state index in [0.717, 1.165) is 12.8 Å². The van der Waals surface area contributed by atoms with Crippen LogP contribution in [0.15, 0.2) is 0 Å². The molecular weight excluding hydrogens is 248 g/mol. The second-order valence-corrected chi connectivity index (χ2v) is 4.11. The van der Waals surface area contributed by atoms with E-state index in [1.165, 1.54) is 0 Å². The van der Waals surface area contributed by atoms with Gasteiger partial charge < -0.3 is 10.4 Å². The lowest BCUT2D eigenvalue weighted by Gasteiger charge is -2.07. The number of nitro groups is 1. The normalized spacial score (nSPS) is 14.7. The quantitative estimate of drug-likeness (QED) is 0.469. The molecule has 1 heterocycles. The molecule has 0 atom stereocenters. The van der Waals surface area contributed by atoms with Crippen molar-refractivity contribution in [1.29, 1.82) is 0 Å². The average molecular weight is 259 g/mol. The van der Waals surface area contributed by atoms with E-state index in [1.807, 2.05) is 0 Å². The van der Waals surface area contributed by atoms with E-state index in [9.17, 15) is 10.1 Å². The van der Waals surface area contributed by atoms with Crippen LogP contribution in [0.2, 0.25) is 5.15 Å². The summed E-state index contributed by atoms with van der Waals surface area (Å²) in [6, 6.07) is 0. The lowest BCUT2D eigenvalue weighted by atomic mass is 10.3. The van der Waals surface area contributed by atoms with Gasteiger partial charge in [-0.05, 0) is 12.8 Å². The lowest BCUT2D eigenvalue weighted by molar-refractivity contribution is -0.384. The summed E-state index contributed by atoms with van der Waals surface area (Å²) in [6.07, 6.45) is 1.96. The number of hydrogen-bond donors (Lipinski definition) is 2. The fourth-order valence-corrected chi connectivity index (χ4v) is 1.67. The van der Waals surface area contributed by atoms with Gasteiger partial charge in [-0.1, -0.05) is 11.6 Å². The van der Waals surface area contributed by atoms with E-state index in [4.69, 9.17) is 16.7 Å². The summed E-state index contributed by atoms with van der Waals surface area (Å²) >= 11 is 5.79. The first-order valence-electron chi connectivity index (χ1n) is 5.20. The Kier molecular flexibility index (Phi) is 3.39. The number of anilines is 1. The maximum atomic E-state index is 10.8. The Hall–Kier alpha value is -1.47. The average Bonchev–Trinajstić information content (AvgIpc) is 3.08. The number of halogens is 1. The molecule has 2 N–H and O–H groups in total. The topological polar surface area (TPSA) is 101 Å². The monoisotopic (exact) mass is 258 g/mol. The summed E-state index contributed by atoms with van der Waals surface area (Å²) in [6.45, 7) is 0.0375. The van der Waals surface area contributed by atoms with Crippen LogP contribution < -0.4 is 5.32 Å². The molecule has 0 saturated heterocycles. The van der Waals surface area contributed by atoms with Crippen molar-refractivity contribution >= 4 is 23.1 Å². The maximum absolute atomic E-state index is 10.8. The van der Waals surface area contributed by atoms with Gasteiger partial charge in [0.05, 0.1) is 11.5 Å². The molecule has 0 spiro atoms. The molecule has 0 aromatic carbocycles. The molecule has 8 heteroatoms. The fraction of sp³-hybridized carbons (Fsp3) is 0.556. The summed E-state index contributed by atoms with van der Waals surface area (Å²) in [5, 5.41) is 22.1. The molecule has 1 saturated carbocycles. The zero-order valence-corrected chi connectivity index (χ0v) is 9.65. The zero-order chi connectivity index (χ0) is 12.4. The van der Waals surface area contributed by atoms with Crippen molar-refractivity contribution in [2.75, 3.05) is 18.5 Å². The predicted octanol–water partition coefficient (Wildman–Crippen LogP) is 1.32. The number of nitrogens with one attached hydrogen (secondary N) is 1. The van der Waals surface area contributed by atoms with E-state index in [0.29, 0.717) is 5.82 Å². The molecule has 1 aliphatic carbocycles. The van der Waals surface area contributed by atoms with Gasteiger partial charge in [0, 0.05) is 12.5 Å². The number of aliphatic hydroxyl groups excluding tert-OH is 1. The van der Waals surface area contributed by atoms with Crippen LogP contribution in [0.5, 0.6) is 0 Å². The molecule has 1 aromatic heterocycles. The molecule has 0 amide bonds. The summed E-state index contributed by atoms with van der Waals surface area (Å²) < 4.78 is 0. The van der Waals surface area contributed by atoms with Crippen molar-refractivity contribution in [2.24, 2.45) is 0 Å². The first kappa shape index (κ1) is 12.0. The van der Waals surface area contributed by atoms with E-state index in [1.54, 1.807) is 0 Å². The number of hydrogen-bond acceptors (Lipinski definition) is 6. The zero-order valence-electron chi connectivity index (χ0n) is 8.89. The Morgan fingerprint density at radius 3 is 2.76 bits per heavy atom. The number of aliphatic hydroxyl groups is 1. The summed E-state index contributed by atoms with van der Waals surface area (Å²) in [5.74, 6) is 0.856. The molecule has 0 radical (unpaired) electrons. The highest BCUT2D eigenvalue weighted by Gasteiger charge is 2.31. The minimum absolute atomic E-state index is 0.0750. The standard InChI is InChI=1S/C9H11ClN4O3/c10-7-6(14(16)17)9(11-3-4-15)13-8(12-7)5-1-2-5/h5,15H,1-4H2,(H,11,12,13). The highest BCUT2D eigenvalue weighted by atomic mass is 35.5. The van der Waals surface area contributed by atoms with Gasteiger partial charge in [0.2, 0.25) is 11.0 Å². The third kappa shape index (κ3) is 2.62. The van der Waals surface area contributed by atoms with Gasteiger partial charge in [0.1, 0.15) is 5.82 Å². The van der Waals surface area contributed by atoms with E-state index in [-0.39, 0.29) is 35.7 Å². The molecule has 7 nitrogen and oxygen atoms in total. The molecule has 92 valence electrons. The molecule has 0 bridgehead atoms. The number of rotatable bonds is 5. The van der Waals surface area contributed by atoms with Gasteiger partial charge in [-0.2, -0.15) is 0 Å². The van der Waals surface area contributed by atoms with Crippen molar-refractivity contribution in [2.45, 2.75) is 18.8 Å². The first-order chi connectivity index (χ1) is 8.13. The van der Waals surface area contributed by atoms with Crippen molar-refractivity contribution in [1.82, 2.24) is 9.97 Å². The van der Waals surface area contributed by atoms with Crippen LogP contribution >= 0.6 is 11.6 Å². The second kappa shape index (κ2) is 4.80. The smallest absolute Gasteiger partial charge is 0.348 e. The minimum Gasteiger partial charge on any atom is -0.395 e.